The van der Waals surface area contributed by atoms with Crippen molar-refractivity contribution in [2.24, 2.45) is 11.1 Å². The second-order valence-corrected chi connectivity index (χ2v) is 6.39. The third-order valence-corrected chi connectivity index (χ3v) is 4.69. The molecule has 1 saturated heterocycles. The lowest BCUT2D eigenvalue weighted by Crippen LogP contribution is -2.34. The van der Waals surface area contributed by atoms with E-state index in [-0.39, 0.29) is 5.71 Å². The topological polar surface area (TPSA) is 85.3 Å². The van der Waals surface area contributed by atoms with Crippen LogP contribution in [0.3, 0.4) is 0 Å². The molecule has 0 bridgehead atoms. The predicted molar refractivity (Wildman–Crippen MR) is 96.8 cm³/mol. The van der Waals surface area contributed by atoms with Crippen LogP contribution in [0.2, 0.25) is 0 Å². The maximum atomic E-state index is 12.9. The average Bonchev–Trinajstić information content (AvgIpc) is 3.22. The summed E-state index contributed by atoms with van der Waals surface area (Å²) in [6, 6.07) is 13.4. The summed E-state index contributed by atoms with van der Waals surface area (Å²) in [6.45, 7) is 1.91. The van der Waals surface area contributed by atoms with Crippen LogP contribution >= 0.6 is 0 Å². The van der Waals surface area contributed by atoms with Gasteiger partial charge in [-0.15, -0.1) is 0 Å². The number of ether oxygens (including phenoxy) is 1. The first-order chi connectivity index (χ1) is 13.0. The number of nitrogens with zero attached hydrogens (tertiary/aromatic N) is 2. The first kappa shape index (κ1) is 17.0. The van der Waals surface area contributed by atoms with E-state index >= 15 is 0 Å². The van der Waals surface area contributed by atoms with Crippen molar-refractivity contribution in [3.63, 3.8) is 0 Å². The van der Waals surface area contributed by atoms with Crippen molar-refractivity contribution in [3.05, 3.63) is 59.7 Å². The molecule has 0 aliphatic carbocycles. The molecule has 4 rings (SSSR count). The third kappa shape index (κ3) is 2.68. The molecule has 0 spiro atoms. The molecule has 2 atom stereocenters. The minimum absolute atomic E-state index is 0.0433. The van der Waals surface area contributed by atoms with Crippen LogP contribution in [-0.4, -0.2) is 36.5 Å². The summed E-state index contributed by atoms with van der Waals surface area (Å²) in [7, 11) is 1.53. The van der Waals surface area contributed by atoms with E-state index in [0.717, 1.165) is 10.5 Å². The number of ketones is 1. The molecule has 136 valence electrons. The average molecular weight is 364 g/mol. The number of Topliss-reactive ketones (excluding diaryl/α,β-unsaturated/α-hetero) is 1. The van der Waals surface area contributed by atoms with E-state index in [0.29, 0.717) is 17.0 Å². The first-order valence-corrected chi connectivity index (χ1v) is 8.38. The van der Waals surface area contributed by atoms with Gasteiger partial charge in [-0.2, -0.15) is 0 Å². The summed E-state index contributed by atoms with van der Waals surface area (Å²) in [4.78, 5) is 44.5. The van der Waals surface area contributed by atoms with E-state index in [1.165, 1.54) is 7.11 Å². The SMILES string of the molecule is COc1ccc(N2C(=O)[C@@H]3C(C(=O)c4ccc(C)cc4)=NO[C@@H]3C2=O)cc1. The van der Waals surface area contributed by atoms with Crippen molar-refractivity contribution in [1.82, 2.24) is 0 Å². The monoisotopic (exact) mass is 364 g/mol. The lowest BCUT2D eigenvalue weighted by molar-refractivity contribution is -0.126. The van der Waals surface area contributed by atoms with Gasteiger partial charge in [-0.25, -0.2) is 4.90 Å². The van der Waals surface area contributed by atoms with Crippen molar-refractivity contribution >= 4 is 29.0 Å². The van der Waals surface area contributed by atoms with E-state index in [1.807, 2.05) is 6.92 Å². The van der Waals surface area contributed by atoms with Crippen molar-refractivity contribution in [2.45, 2.75) is 13.0 Å². The highest BCUT2D eigenvalue weighted by Crippen LogP contribution is 2.34. The number of benzene rings is 2. The molecule has 0 radical (unpaired) electrons. The van der Waals surface area contributed by atoms with Gasteiger partial charge in [-0.1, -0.05) is 35.0 Å². The Bertz CT molecular complexity index is 963. The molecule has 2 aromatic carbocycles. The number of imide groups is 1. The van der Waals surface area contributed by atoms with E-state index < -0.39 is 29.6 Å². The lowest BCUT2D eigenvalue weighted by Gasteiger charge is -2.15. The van der Waals surface area contributed by atoms with E-state index in [1.54, 1.807) is 48.5 Å². The Labute approximate surface area is 155 Å². The van der Waals surface area contributed by atoms with Crippen LogP contribution in [-0.2, 0) is 14.4 Å². The summed E-state index contributed by atoms with van der Waals surface area (Å²) in [6.07, 6.45) is -1.11. The molecule has 2 amide bonds. The van der Waals surface area contributed by atoms with Crippen molar-refractivity contribution < 1.29 is 24.0 Å². The van der Waals surface area contributed by atoms with Gasteiger partial charge in [0, 0.05) is 5.56 Å². The van der Waals surface area contributed by atoms with Gasteiger partial charge >= 0.3 is 0 Å². The predicted octanol–water partition coefficient (Wildman–Crippen LogP) is 2.13. The second-order valence-electron chi connectivity index (χ2n) is 6.39. The summed E-state index contributed by atoms with van der Waals surface area (Å²) >= 11 is 0. The fourth-order valence-electron chi connectivity index (χ4n) is 3.20. The molecule has 2 aliphatic heterocycles. The molecule has 0 unspecified atom stereocenters. The number of anilines is 1. The van der Waals surface area contributed by atoms with Crippen molar-refractivity contribution in [3.8, 4) is 5.75 Å². The molecular weight excluding hydrogens is 348 g/mol. The van der Waals surface area contributed by atoms with Gasteiger partial charge in [0.25, 0.3) is 5.91 Å². The highest BCUT2D eigenvalue weighted by atomic mass is 16.7. The molecule has 7 heteroatoms. The smallest absolute Gasteiger partial charge is 0.278 e. The molecule has 27 heavy (non-hydrogen) atoms. The Kier molecular flexibility index (Phi) is 3.99. The number of rotatable bonds is 4. The minimum Gasteiger partial charge on any atom is -0.497 e. The van der Waals surface area contributed by atoms with Crippen LogP contribution in [0.15, 0.2) is 53.7 Å². The van der Waals surface area contributed by atoms with Crippen LogP contribution in [0.1, 0.15) is 15.9 Å². The zero-order chi connectivity index (χ0) is 19.1. The Morgan fingerprint density at radius 2 is 1.70 bits per heavy atom. The Morgan fingerprint density at radius 3 is 2.33 bits per heavy atom. The first-order valence-electron chi connectivity index (χ1n) is 8.38. The molecular formula is C20H16N2O5. The highest BCUT2D eigenvalue weighted by molar-refractivity contribution is 6.52. The normalized spacial score (nSPS) is 21.0. The van der Waals surface area contributed by atoms with Crippen molar-refractivity contribution in [2.75, 3.05) is 12.0 Å². The standard InChI is InChI=1S/C20H16N2O5/c1-11-3-5-12(6-4-11)17(23)16-15-18(27-21-16)20(25)22(19(15)24)13-7-9-14(26-2)10-8-13/h3-10,15,18H,1-2H3/t15-,18+/m1/s1. The van der Waals surface area contributed by atoms with Crippen LogP contribution in [0.5, 0.6) is 5.75 Å². The molecule has 2 aromatic rings. The number of carbonyl (C=O) groups excluding carboxylic acids is 3. The van der Waals surface area contributed by atoms with Crippen LogP contribution < -0.4 is 9.64 Å². The summed E-state index contributed by atoms with van der Waals surface area (Å²) in [5, 5.41) is 3.75. The molecule has 1 fully saturated rings. The quantitative estimate of drug-likeness (QED) is 0.613. The number of carbonyl (C=O) groups is 3. The minimum atomic E-state index is -1.11. The van der Waals surface area contributed by atoms with Gasteiger partial charge in [-0.3, -0.25) is 14.4 Å². The number of hydrogen-bond acceptors (Lipinski definition) is 6. The fourth-order valence-corrected chi connectivity index (χ4v) is 3.20. The number of hydrogen-bond donors (Lipinski definition) is 0. The van der Waals surface area contributed by atoms with E-state index in [9.17, 15) is 14.4 Å². The largest absolute Gasteiger partial charge is 0.497 e. The summed E-state index contributed by atoms with van der Waals surface area (Å²) < 4.78 is 5.09. The Balaban J connectivity index is 1.63. The number of methoxy groups -OCH3 is 1. The van der Waals surface area contributed by atoms with Crippen LogP contribution in [0, 0.1) is 12.8 Å². The van der Waals surface area contributed by atoms with Crippen molar-refractivity contribution in [1.29, 1.82) is 0 Å². The van der Waals surface area contributed by atoms with E-state index in [2.05, 4.69) is 5.16 Å². The second kappa shape index (κ2) is 6.35. The van der Waals surface area contributed by atoms with Crippen LogP contribution in [0.25, 0.3) is 0 Å². The van der Waals surface area contributed by atoms with Gasteiger partial charge in [0.15, 0.2) is 0 Å². The number of oxime groups is 1. The summed E-state index contributed by atoms with van der Waals surface area (Å²) in [5.74, 6) is -1.91. The molecule has 2 heterocycles. The Morgan fingerprint density at radius 1 is 1.04 bits per heavy atom. The zero-order valence-electron chi connectivity index (χ0n) is 14.7. The fraction of sp³-hybridized carbons (Fsp3) is 0.200. The van der Waals surface area contributed by atoms with Gasteiger partial charge in [-0.05, 0) is 31.2 Å². The number of amides is 2. The van der Waals surface area contributed by atoms with Gasteiger partial charge in [0.2, 0.25) is 17.8 Å². The molecule has 0 aromatic heterocycles. The molecule has 2 aliphatic rings. The zero-order valence-corrected chi connectivity index (χ0v) is 14.7. The van der Waals surface area contributed by atoms with E-state index in [4.69, 9.17) is 9.57 Å². The summed E-state index contributed by atoms with van der Waals surface area (Å²) in [5.41, 5.74) is 1.75. The lowest BCUT2D eigenvalue weighted by atomic mass is 9.93. The highest BCUT2D eigenvalue weighted by Gasteiger charge is 2.57. The van der Waals surface area contributed by atoms with Crippen LogP contribution in [0.4, 0.5) is 5.69 Å². The number of aryl methyl sites for hydroxylation is 1. The van der Waals surface area contributed by atoms with Gasteiger partial charge in [0.1, 0.15) is 17.4 Å². The number of fused-ring (bicyclic) bond motifs is 1. The third-order valence-electron chi connectivity index (χ3n) is 4.69. The maximum absolute atomic E-state index is 12.9. The molecule has 0 N–H and O–H groups in total. The van der Waals surface area contributed by atoms with Gasteiger partial charge in [0.05, 0.1) is 12.8 Å². The molecule has 0 saturated carbocycles. The Hall–Kier alpha value is -3.48. The maximum Gasteiger partial charge on any atom is 0.278 e. The van der Waals surface area contributed by atoms with Gasteiger partial charge < -0.3 is 9.57 Å². The molecule has 7 nitrogen and oxygen atoms in total.